The molecule has 0 saturated carbocycles. The summed E-state index contributed by atoms with van der Waals surface area (Å²) in [6.45, 7) is 4.08. The fourth-order valence-electron chi connectivity index (χ4n) is 3.78. The van der Waals surface area contributed by atoms with E-state index in [1.807, 2.05) is 42.5 Å². The lowest BCUT2D eigenvalue weighted by Crippen LogP contribution is -2.88. The maximum absolute atomic E-state index is 6.35. The van der Waals surface area contributed by atoms with Gasteiger partial charge in [-0.2, -0.15) is 0 Å². The minimum Gasteiger partial charge on any atom is -0.493 e. The third-order valence-electron chi connectivity index (χ3n) is 5.47. The van der Waals surface area contributed by atoms with E-state index in [2.05, 4.69) is 36.5 Å². The van der Waals surface area contributed by atoms with Gasteiger partial charge < -0.3 is 29.0 Å². The summed E-state index contributed by atoms with van der Waals surface area (Å²) >= 11 is 0. The van der Waals surface area contributed by atoms with E-state index < -0.39 is 0 Å². The van der Waals surface area contributed by atoms with Crippen LogP contribution in [0.4, 0.5) is 0 Å². The van der Waals surface area contributed by atoms with Crippen LogP contribution in [0.1, 0.15) is 17.2 Å². The molecule has 4 rings (SSSR count). The van der Waals surface area contributed by atoms with Crippen molar-refractivity contribution in [3.8, 4) is 28.7 Å². The number of hydrogen-bond donors (Lipinski definition) is 1. The zero-order valence-corrected chi connectivity index (χ0v) is 18.7. The van der Waals surface area contributed by atoms with E-state index in [0.717, 1.165) is 30.2 Å². The van der Waals surface area contributed by atoms with Crippen molar-refractivity contribution >= 4 is 0 Å². The van der Waals surface area contributed by atoms with Gasteiger partial charge in [-0.15, -0.1) is 0 Å². The van der Waals surface area contributed by atoms with Crippen molar-refractivity contribution in [3.05, 3.63) is 77.9 Å². The van der Waals surface area contributed by atoms with Crippen molar-refractivity contribution < 1.29 is 29.0 Å². The van der Waals surface area contributed by atoms with Crippen LogP contribution in [-0.2, 0) is 0 Å². The number of hydrogen-bond acceptors (Lipinski definition) is 5. The number of ether oxygens (including phenoxy) is 5. The summed E-state index contributed by atoms with van der Waals surface area (Å²) in [5.41, 5.74) is 2.33. The maximum atomic E-state index is 6.35. The Hall–Kier alpha value is -3.38. The minimum atomic E-state index is -0.169. The number of aryl methyl sites for hydroxylation is 1. The SMILES string of the molecule is COc1cccc(OC)c1OCC[NH2+]C[C@H]1Oc2ccccc2O[C@@H]1c1ccc(C)cc1. The molecule has 1 aliphatic heterocycles. The van der Waals surface area contributed by atoms with Crippen LogP contribution in [0, 0.1) is 6.92 Å². The molecular weight excluding hydrogens is 406 g/mol. The Bertz CT molecular complexity index is 999. The van der Waals surface area contributed by atoms with Gasteiger partial charge in [0.25, 0.3) is 0 Å². The summed E-state index contributed by atoms with van der Waals surface area (Å²) in [7, 11) is 3.24. The van der Waals surface area contributed by atoms with E-state index in [1.54, 1.807) is 14.2 Å². The van der Waals surface area contributed by atoms with Crippen molar-refractivity contribution in [3.63, 3.8) is 0 Å². The van der Waals surface area contributed by atoms with Gasteiger partial charge in [0, 0.05) is 0 Å². The monoisotopic (exact) mass is 436 g/mol. The average Bonchev–Trinajstić information content (AvgIpc) is 2.83. The molecule has 6 nitrogen and oxygen atoms in total. The van der Waals surface area contributed by atoms with Crippen LogP contribution in [0.3, 0.4) is 0 Å². The number of methoxy groups -OCH3 is 2. The first-order chi connectivity index (χ1) is 15.7. The van der Waals surface area contributed by atoms with Gasteiger partial charge in [-0.05, 0) is 36.8 Å². The number of rotatable bonds is 9. The van der Waals surface area contributed by atoms with Crippen molar-refractivity contribution in [2.75, 3.05) is 33.9 Å². The molecule has 0 saturated heterocycles. The summed E-state index contributed by atoms with van der Waals surface area (Å²) in [6.07, 6.45) is -0.287. The summed E-state index contributed by atoms with van der Waals surface area (Å²) in [5, 5.41) is 2.19. The molecule has 0 spiro atoms. The molecular formula is C26H30NO5+. The lowest BCUT2D eigenvalue weighted by molar-refractivity contribution is -0.662. The Labute approximate surface area is 189 Å². The van der Waals surface area contributed by atoms with Crippen LogP contribution in [0.5, 0.6) is 28.7 Å². The van der Waals surface area contributed by atoms with E-state index in [1.165, 1.54) is 5.56 Å². The molecule has 3 aromatic rings. The lowest BCUT2D eigenvalue weighted by atomic mass is 10.0. The molecule has 3 aromatic carbocycles. The van der Waals surface area contributed by atoms with E-state index in [0.29, 0.717) is 23.9 Å². The fourth-order valence-corrected chi connectivity index (χ4v) is 3.78. The van der Waals surface area contributed by atoms with Crippen LogP contribution in [0.15, 0.2) is 66.7 Å². The summed E-state index contributed by atoms with van der Waals surface area (Å²) in [6, 6.07) is 21.9. The lowest BCUT2D eigenvalue weighted by Gasteiger charge is -2.33. The van der Waals surface area contributed by atoms with Crippen molar-refractivity contribution in [1.82, 2.24) is 0 Å². The molecule has 32 heavy (non-hydrogen) atoms. The van der Waals surface area contributed by atoms with Crippen LogP contribution in [-0.4, -0.2) is 40.0 Å². The molecule has 1 aliphatic rings. The number of benzene rings is 3. The van der Waals surface area contributed by atoms with Crippen molar-refractivity contribution in [2.24, 2.45) is 0 Å². The first-order valence-electron chi connectivity index (χ1n) is 10.8. The zero-order chi connectivity index (χ0) is 22.3. The smallest absolute Gasteiger partial charge is 0.203 e. The van der Waals surface area contributed by atoms with Gasteiger partial charge in [0.05, 0.1) is 14.2 Å². The Morgan fingerprint density at radius 1 is 0.812 bits per heavy atom. The zero-order valence-electron chi connectivity index (χ0n) is 18.7. The summed E-state index contributed by atoms with van der Waals surface area (Å²) in [5.74, 6) is 3.49. The van der Waals surface area contributed by atoms with Gasteiger partial charge >= 0.3 is 0 Å². The number of nitrogens with two attached hydrogens (primary N) is 1. The summed E-state index contributed by atoms with van der Waals surface area (Å²) in [4.78, 5) is 0. The molecule has 0 aromatic heterocycles. The van der Waals surface area contributed by atoms with Crippen LogP contribution in [0.25, 0.3) is 0 Å². The Balaban J connectivity index is 1.38. The molecule has 168 valence electrons. The number of quaternary nitrogens is 1. The fraction of sp³-hybridized carbons (Fsp3) is 0.308. The molecule has 0 radical (unpaired) electrons. The third kappa shape index (κ3) is 4.92. The van der Waals surface area contributed by atoms with Gasteiger partial charge in [0.15, 0.2) is 35.2 Å². The first kappa shape index (κ1) is 21.8. The maximum Gasteiger partial charge on any atom is 0.203 e. The quantitative estimate of drug-likeness (QED) is 0.520. The van der Waals surface area contributed by atoms with Gasteiger partial charge in [-0.1, -0.05) is 48.0 Å². The Morgan fingerprint density at radius 2 is 1.47 bits per heavy atom. The molecule has 0 fully saturated rings. The largest absolute Gasteiger partial charge is 0.493 e. The normalized spacial score (nSPS) is 17.0. The Kier molecular flexibility index (Phi) is 7.02. The van der Waals surface area contributed by atoms with Crippen LogP contribution < -0.4 is 29.0 Å². The van der Waals surface area contributed by atoms with E-state index in [9.17, 15) is 0 Å². The highest BCUT2D eigenvalue weighted by Crippen LogP contribution is 2.39. The van der Waals surface area contributed by atoms with E-state index in [4.69, 9.17) is 23.7 Å². The van der Waals surface area contributed by atoms with Crippen LogP contribution in [0.2, 0.25) is 0 Å². The highest BCUT2D eigenvalue weighted by molar-refractivity contribution is 5.51. The molecule has 0 amide bonds. The third-order valence-corrected chi connectivity index (χ3v) is 5.47. The van der Waals surface area contributed by atoms with Gasteiger partial charge in [-0.25, -0.2) is 0 Å². The predicted octanol–water partition coefficient (Wildman–Crippen LogP) is 3.54. The second-order valence-corrected chi connectivity index (χ2v) is 7.71. The second-order valence-electron chi connectivity index (χ2n) is 7.71. The van der Waals surface area contributed by atoms with E-state index in [-0.39, 0.29) is 12.2 Å². The molecule has 2 N–H and O–H groups in total. The summed E-state index contributed by atoms with van der Waals surface area (Å²) < 4.78 is 29.4. The minimum absolute atomic E-state index is 0.117. The van der Waals surface area contributed by atoms with Crippen molar-refractivity contribution in [2.45, 2.75) is 19.1 Å². The van der Waals surface area contributed by atoms with E-state index >= 15 is 0 Å². The second kappa shape index (κ2) is 10.3. The van der Waals surface area contributed by atoms with Crippen molar-refractivity contribution in [1.29, 1.82) is 0 Å². The highest BCUT2D eigenvalue weighted by atomic mass is 16.6. The van der Waals surface area contributed by atoms with Crippen LogP contribution >= 0.6 is 0 Å². The standard InChI is InChI=1S/C26H29NO5/c1-18-11-13-19(14-12-18)25-24(31-20-7-4-5-8-21(20)32-25)17-27-15-16-30-26-22(28-2)9-6-10-23(26)29-3/h4-14,24-25,27H,15-17H2,1-3H3/p+1/t24-,25-/m1/s1. The van der Waals surface area contributed by atoms with Gasteiger partial charge in [-0.3, -0.25) is 0 Å². The first-order valence-corrected chi connectivity index (χ1v) is 10.8. The average molecular weight is 437 g/mol. The molecule has 6 heteroatoms. The molecule has 0 aliphatic carbocycles. The topological polar surface area (TPSA) is 62.8 Å². The molecule has 1 heterocycles. The van der Waals surface area contributed by atoms with Gasteiger partial charge in [0.2, 0.25) is 5.75 Å². The van der Waals surface area contributed by atoms with Gasteiger partial charge in [0.1, 0.15) is 19.7 Å². The number of fused-ring (bicyclic) bond motifs is 1. The molecule has 2 atom stereocenters. The number of para-hydroxylation sites is 3. The molecule has 0 bridgehead atoms. The predicted molar refractivity (Wildman–Crippen MR) is 122 cm³/mol. The highest BCUT2D eigenvalue weighted by Gasteiger charge is 2.34. The Morgan fingerprint density at radius 3 is 2.12 bits per heavy atom. The molecule has 0 unspecified atom stereocenters.